The Balaban J connectivity index is 1.05. The zero-order chi connectivity index (χ0) is 24.0. The molecule has 182 valence electrons. The van der Waals surface area contributed by atoms with E-state index in [4.69, 9.17) is 14.5 Å². The van der Waals surface area contributed by atoms with E-state index in [0.717, 1.165) is 54.6 Å². The van der Waals surface area contributed by atoms with Gasteiger partial charge in [0.1, 0.15) is 23.5 Å². The number of ether oxygens (including phenoxy) is 2. The quantitative estimate of drug-likeness (QED) is 0.458. The number of piperidine rings is 1. The molecular formula is C27H31N5O3. The molecule has 8 heteroatoms. The first-order valence-electron chi connectivity index (χ1n) is 12.2. The van der Waals surface area contributed by atoms with Crippen molar-refractivity contribution in [1.82, 2.24) is 15.3 Å². The molecule has 0 unspecified atom stereocenters. The number of carbonyl (C=O) groups is 1. The first-order chi connectivity index (χ1) is 17.2. The van der Waals surface area contributed by atoms with Crippen LogP contribution in [0.2, 0.25) is 0 Å². The first-order valence-corrected chi connectivity index (χ1v) is 12.2. The summed E-state index contributed by atoms with van der Waals surface area (Å²) in [6.07, 6.45) is 3.74. The Morgan fingerprint density at radius 2 is 1.97 bits per heavy atom. The number of carbonyl (C=O) groups excluding carboxylic acids is 1. The van der Waals surface area contributed by atoms with Crippen molar-refractivity contribution in [2.45, 2.75) is 39.0 Å². The van der Waals surface area contributed by atoms with E-state index in [0.29, 0.717) is 31.9 Å². The second kappa shape index (κ2) is 10.7. The molecule has 0 bridgehead atoms. The second-order valence-electron chi connectivity index (χ2n) is 8.95. The fraction of sp³-hybridized carbons (Fsp3) is 0.370. The summed E-state index contributed by atoms with van der Waals surface area (Å²) in [5.74, 6) is 2.54. The summed E-state index contributed by atoms with van der Waals surface area (Å²) in [6.45, 7) is 6.19. The highest BCUT2D eigenvalue weighted by Crippen LogP contribution is 2.27. The third kappa shape index (κ3) is 5.71. The number of benzene rings is 1. The van der Waals surface area contributed by atoms with Crippen LogP contribution in [0.1, 0.15) is 40.0 Å². The molecule has 2 aliphatic rings. The molecule has 2 N–H and O–H groups in total. The SMILES string of the molecule is Cc1cc2c(nc1N1CCC(Oc3ccc(NCCOCc4ccccc4)nc3)CC1)CNC2=O. The van der Waals surface area contributed by atoms with Gasteiger partial charge in [0.2, 0.25) is 0 Å². The number of pyridine rings is 2. The van der Waals surface area contributed by atoms with Crippen molar-refractivity contribution in [3.63, 3.8) is 0 Å². The lowest BCUT2D eigenvalue weighted by Gasteiger charge is -2.33. The molecule has 1 fully saturated rings. The van der Waals surface area contributed by atoms with Gasteiger partial charge >= 0.3 is 0 Å². The molecule has 5 rings (SSSR count). The molecule has 1 amide bonds. The number of fused-ring (bicyclic) bond motifs is 1. The zero-order valence-corrected chi connectivity index (χ0v) is 20.0. The second-order valence-corrected chi connectivity index (χ2v) is 8.95. The van der Waals surface area contributed by atoms with E-state index in [-0.39, 0.29) is 12.0 Å². The van der Waals surface area contributed by atoms with Crippen LogP contribution in [0.15, 0.2) is 54.7 Å². The van der Waals surface area contributed by atoms with Gasteiger partial charge in [-0.05, 0) is 36.2 Å². The summed E-state index contributed by atoms with van der Waals surface area (Å²) in [5.41, 5.74) is 3.76. The lowest BCUT2D eigenvalue weighted by Crippen LogP contribution is -2.39. The molecule has 2 aliphatic heterocycles. The van der Waals surface area contributed by atoms with Gasteiger partial charge in [0.15, 0.2) is 0 Å². The lowest BCUT2D eigenvalue weighted by atomic mass is 10.1. The summed E-state index contributed by atoms with van der Waals surface area (Å²) in [4.78, 5) is 23.4. The van der Waals surface area contributed by atoms with Gasteiger partial charge in [-0.2, -0.15) is 0 Å². The maximum absolute atomic E-state index is 11.9. The third-order valence-electron chi connectivity index (χ3n) is 6.37. The lowest BCUT2D eigenvalue weighted by molar-refractivity contribution is 0.0965. The number of anilines is 2. The average molecular weight is 474 g/mol. The molecule has 0 radical (unpaired) electrons. The van der Waals surface area contributed by atoms with E-state index in [1.807, 2.05) is 43.3 Å². The van der Waals surface area contributed by atoms with E-state index in [2.05, 4.69) is 32.7 Å². The number of nitrogens with one attached hydrogen (secondary N) is 2. The molecule has 2 aromatic heterocycles. The normalized spacial score (nSPS) is 15.6. The van der Waals surface area contributed by atoms with Gasteiger partial charge in [-0.3, -0.25) is 4.79 Å². The van der Waals surface area contributed by atoms with Crippen LogP contribution >= 0.6 is 0 Å². The van der Waals surface area contributed by atoms with E-state index in [1.165, 1.54) is 5.56 Å². The van der Waals surface area contributed by atoms with Gasteiger partial charge in [0.25, 0.3) is 5.91 Å². The Kier molecular flexibility index (Phi) is 7.09. The van der Waals surface area contributed by atoms with Crippen LogP contribution in [0.4, 0.5) is 11.6 Å². The number of hydrogen-bond donors (Lipinski definition) is 2. The molecule has 4 heterocycles. The van der Waals surface area contributed by atoms with Crippen LogP contribution in [0, 0.1) is 6.92 Å². The Bertz CT molecular complexity index is 1150. The molecule has 3 aromatic rings. The van der Waals surface area contributed by atoms with E-state index >= 15 is 0 Å². The Hall–Kier alpha value is -3.65. The van der Waals surface area contributed by atoms with E-state index in [9.17, 15) is 4.79 Å². The fourth-order valence-corrected chi connectivity index (χ4v) is 4.50. The van der Waals surface area contributed by atoms with Crippen molar-refractivity contribution in [3.8, 4) is 5.75 Å². The van der Waals surface area contributed by atoms with Crippen LogP contribution < -0.4 is 20.3 Å². The average Bonchev–Trinajstić information content (AvgIpc) is 3.25. The molecule has 35 heavy (non-hydrogen) atoms. The van der Waals surface area contributed by atoms with Crippen LogP contribution in [0.25, 0.3) is 0 Å². The molecule has 0 atom stereocenters. The Morgan fingerprint density at radius 1 is 1.14 bits per heavy atom. The van der Waals surface area contributed by atoms with Crippen molar-refractivity contribution in [1.29, 1.82) is 0 Å². The van der Waals surface area contributed by atoms with Crippen LogP contribution in [0.3, 0.4) is 0 Å². The van der Waals surface area contributed by atoms with Crippen molar-refractivity contribution in [3.05, 3.63) is 77.1 Å². The first kappa shape index (κ1) is 23.1. The Morgan fingerprint density at radius 3 is 2.74 bits per heavy atom. The number of aromatic nitrogens is 2. The van der Waals surface area contributed by atoms with Gasteiger partial charge in [0.05, 0.1) is 37.2 Å². The predicted molar refractivity (Wildman–Crippen MR) is 135 cm³/mol. The van der Waals surface area contributed by atoms with E-state index in [1.54, 1.807) is 6.20 Å². The summed E-state index contributed by atoms with van der Waals surface area (Å²) >= 11 is 0. The molecule has 1 saturated heterocycles. The van der Waals surface area contributed by atoms with Crippen molar-refractivity contribution in [2.24, 2.45) is 0 Å². The predicted octanol–water partition coefficient (Wildman–Crippen LogP) is 3.70. The summed E-state index contributed by atoms with van der Waals surface area (Å²) in [5, 5.41) is 6.13. The van der Waals surface area contributed by atoms with Gasteiger partial charge in [-0.15, -0.1) is 0 Å². The number of rotatable bonds is 9. The highest BCUT2D eigenvalue weighted by molar-refractivity contribution is 5.98. The molecule has 1 aromatic carbocycles. The summed E-state index contributed by atoms with van der Waals surface area (Å²) in [6, 6.07) is 16.0. The van der Waals surface area contributed by atoms with Crippen LogP contribution in [-0.4, -0.2) is 48.2 Å². The number of amides is 1. The number of nitrogens with zero attached hydrogens (tertiary/aromatic N) is 3. The largest absolute Gasteiger partial charge is 0.489 e. The standard InChI is InChI=1S/C27H31N5O3/c1-19-15-23-24(17-30-27(23)33)31-26(19)32-12-9-21(10-13-32)35-22-7-8-25(29-16-22)28-11-14-34-18-20-5-3-2-4-6-20/h2-8,15-16,21H,9-14,17-18H2,1H3,(H,28,29)(H,30,33). The van der Waals surface area contributed by atoms with Gasteiger partial charge in [-0.25, -0.2) is 9.97 Å². The number of hydrogen-bond acceptors (Lipinski definition) is 7. The minimum atomic E-state index is -0.0273. The topological polar surface area (TPSA) is 88.6 Å². The minimum absolute atomic E-state index is 0.0273. The number of aryl methyl sites for hydroxylation is 1. The molecule has 0 saturated carbocycles. The third-order valence-corrected chi connectivity index (χ3v) is 6.37. The smallest absolute Gasteiger partial charge is 0.253 e. The van der Waals surface area contributed by atoms with Crippen molar-refractivity contribution < 1.29 is 14.3 Å². The zero-order valence-electron chi connectivity index (χ0n) is 20.0. The van der Waals surface area contributed by atoms with Crippen molar-refractivity contribution >= 4 is 17.5 Å². The van der Waals surface area contributed by atoms with Crippen molar-refractivity contribution in [2.75, 3.05) is 36.5 Å². The minimum Gasteiger partial charge on any atom is -0.489 e. The highest BCUT2D eigenvalue weighted by atomic mass is 16.5. The monoisotopic (exact) mass is 473 g/mol. The molecule has 0 aliphatic carbocycles. The van der Waals surface area contributed by atoms with Crippen LogP contribution in [0.5, 0.6) is 5.75 Å². The van der Waals surface area contributed by atoms with Crippen LogP contribution in [-0.2, 0) is 17.9 Å². The molecular weight excluding hydrogens is 442 g/mol. The van der Waals surface area contributed by atoms with Gasteiger partial charge < -0.3 is 25.0 Å². The highest BCUT2D eigenvalue weighted by Gasteiger charge is 2.26. The summed E-state index contributed by atoms with van der Waals surface area (Å²) < 4.78 is 11.9. The molecule has 0 spiro atoms. The fourth-order valence-electron chi connectivity index (χ4n) is 4.50. The van der Waals surface area contributed by atoms with Gasteiger partial charge in [0, 0.05) is 32.5 Å². The molecule has 8 nitrogen and oxygen atoms in total. The maximum atomic E-state index is 11.9. The van der Waals surface area contributed by atoms with Gasteiger partial charge in [-0.1, -0.05) is 30.3 Å². The van der Waals surface area contributed by atoms with E-state index < -0.39 is 0 Å². The maximum Gasteiger partial charge on any atom is 0.253 e. The summed E-state index contributed by atoms with van der Waals surface area (Å²) in [7, 11) is 0. The Labute approximate surface area is 205 Å².